The van der Waals surface area contributed by atoms with Crippen molar-refractivity contribution in [2.24, 2.45) is 0 Å². The minimum Gasteiger partial charge on any atom is -1.00 e. The first-order valence-electron chi connectivity index (χ1n) is 45.7. The number of carboxylic acids is 5. The van der Waals surface area contributed by atoms with Crippen LogP contribution in [0.25, 0.3) is 0 Å². The number of nitrogens with one attached hydrogen (secondary N) is 2. The first kappa shape index (κ1) is 106. The van der Waals surface area contributed by atoms with Crippen LogP contribution in [0.4, 0.5) is 17.1 Å². The van der Waals surface area contributed by atoms with Crippen molar-refractivity contribution in [2.75, 3.05) is 75.7 Å². The number of allylic oxidation sites excluding steroid dienone is 6. The molecule has 0 saturated carbocycles. The van der Waals surface area contributed by atoms with E-state index in [4.69, 9.17) is 0 Å². The summed E-state index contributed by atoms with van der Waals surface area (Å²) in [6, 6.07) is 21.6. The SMILES string of the molecule is CCCCCCCCCCCCCCCCCCCCCCN1/C(=C/C=C/C=C/C2=[N+](CCCCCCCCCCCCCCCCCCCCCC)c3ccccc3C2(C)C)C(C)(C)c2cc(CNC(=O)CCCC(=O)Nc3ccc(CC(CCN(CCN(CC(=O)O)CC(=O)O)CC(=O)O)N(CC(=O)O)CC(=O)O)cc3)ccc21.[I-].[In+3]. The van der Waals surface area contributed by atoms with Crippen molar-refractivity contribution in [2.45, 2.75) is 354 Å². The third-order valence-electron chi connectivity index (χ3n) is 23.7. The van der Waals surface area contributed by atoms with Gasteiger partial charge in [-0.05, 0) is 86.9 Å². The second-order valence-electron chi connectivity index (χ2n) is 34.4. The Hall–Kier alpha value is -5.88. The summed E-state index contributed by atoms with van der Waals surface area (Å²) in [6.07, 6.45) is 66.6. The third-order valence-corrected chi connectivity index (χ3v) is 23.7. The minimum absolute atomic E-state index is 0. The van der Waals surface area contributed by atoms with Crippen LogP contribution in [0.5, 0.6) is 0 Å². The van der Waals surface area contributed by atoms with Gasteiger partial charge in [0.25, 0.3) is 0 Å². The molecule has 0 radical (unpaired) electrons. The number of rotatable bonds is 71. The van der Waals surface area contributed by atoms with Gasteiger partial charge in [-0.25, -0.2) is 0 Å². The first-order chi connectivity index (χ1) is 56.0. The first-order valence-corrected chi connectivity index (χ1v) is 45.7. The molecular formula is C97H154IInN7O12+3. The van der Waals surface area contributed by atoms with Gasteiger partial charge in [0.15, 0.2) is 5.71 Å². The number of aliphatic carboxylic acids is 5. The molecular weight excluding hydrogens is 1700 g/mol. The monoisotopic (exact) mass is 1850 g/mol. The molecule has 1 atom stereocenters. The zero-order chi connectivity index (χ0) is 84.0. The van der Waals surface area contributed by atoms with Crippen LogP contribution in [0.2, 0.25) is 0 Å². The summed E-state index contributed by atoms with van der Waals surface area (Å²) in [5, 5.41) is 53.9. The Labute approximate surface area is 747 Å². The number of hydrogen-bond donors (Lipinski definition) is 7. The van der Waals surface area contributed by atoms with Crippen LogP contribution in [-0.4, -0.2) is 190 Å². The Kier molecular flexibility index (Phi) is 56.9. The predicted octanol–water partition coefficient (Wildman–Crippen LogP) is 18.2. The van der Waals surface area contributed by atoms with Crippen molar-refractivity contribution >= 4 is 90.3 Å². The van der Waals surface area contributed by atoms with Gasteiger partial charge in [0.1, 0.15) is 6.54 Å². The molecule has 118 heavy (non-hydrogen) atoms. The maximum atomic E-state index is 13.4. The Morgan fingerprint density at radius 3 is 1.35 bits per heavy atom. The molecule has 3 aromatic rings. The molecule has 0 bridgehead atoms. The van der Waals surface area contributed by atoms with Crippen molar-refractivity contribution < 1.29 is 87.6 Å². The minimum atomic E-state index is -1.27. The molecule has 2 aliphatic heterocycles. The number of carbonyl (C=O) groups is 7. The van der Waals surface area contributed by atoms with Crippen LogP contribution in [0.3, 0.4) is 0 Å². The fourth-order valence-corrected chi connectivity index (χ4v) is 17.0. The molecule has 2 heterocycles. The van der Waals surface area contributed by atoms with E-state index in [0.717, 1.165) is 30.0 Å². The van der Waals surface area contributed by atoms with Crippen LogP contribution >= 0.6 is 0 Å². The normalized spacial score (nSPS) is 14.0. The maximum absolute atomic E-state index is 13.4. The van der Waals surface area contributed by atoms with Gasteiger partial charge in [0.05, 0.1) is 38.1 Å². The van der Waals surface area contributed by atoms with E-state index in [2.05, 4.69) is 134 Å². The second-order valence-corrected chi connectivity index (χ2v) is 34.4. The van der Waals surface area contributed by atoms with E-state index in [9.17, 15) is 59.1 Å². The molecule has 0 spiro atoms. The van der Waals surface area contributed by atoms with E-state index < -0.39 is 68.6 Å². The van der Waals surface area contributed by atoms with Gasteiger partial charge in [0, 0.05) is 98.2 Å². The van der Waals surface area contributed by atoms with Crippen LogP contribution < -0.4 is 39.5 Å². The molecule has 2 aliphatic rings. The third kappa shape index (κ3) is 43.8. The Balaban J connectivity index is 0.0000180. The zero-order valence-corrected chi connectivity index (χ0v) is 79.2. The Morgan fingerprint density at radius 2 is 0.873 bits per heavy atom. The molecule has 7 N–H and O–H groups in total. The topological polar surface area (TPSA) is 261 Å². The smallest absolute Gasteiger partial charge is 1.00 e. The van der Waals surface area contributed by atoms with E-state index in [1.54, 1.807) is 24.3 Å². The predicted molar refractivity (Wildman–Crippen MR) is 480 cm³/mol. The van der Waals surface area contributed by atoms with Gasteiger partial charge in [-0.1, -0.05) is 326 Å². The van der Waals surface area contributed by atoms with E-state index in [1.165, 1.54) is 294 Å². The van der Waals surface area contributed by atoms with Gasteiger partial charge in [-0.15, -0.1) is 0 Å². The maximum Gasteiger partial charge on any atom is 3.00 e. The molecule has 0 aliphatic carbocycles. The standard InChI is InChI=1S/C97H153N7O12.HI.In/c1-7-9-11-13-15-17-19-21-23-25-27-29-31-33-35-37-39-41-43-50-66-103-85-54-49-48-53-83(85)96(3,4)87(103)55-46-45-47-56-88-97(5,6)84-72-80(61-64-86(84)104(88)67-51-44-42-40-38-36-34-32-30-28-26-24-22-20-18-16-14-12-10-8-2)73-98-89(105)57-52-58-90(106)99-81-62-59-79(60-63-81)71-82(102(77-94(113)114)78-95(115)116)65-68-100(74-91(107)108)69-70-101(75-92(109)110)76-93(111)112;;/h45-49,53-56,59-64,72,82H,7-44,50-52,57-58,65-71,73-78H2,1-6H3,(H6-,98,99,105,106,107,108,109,110,111,112,113,114,115,116);1H;/q;;+3. The number of unbranched alkanes of at least 4 members (excludes halogenated alkanes) is 38. The van der Waals surface area contributed by atoms with Crippen LogP contribution in [0.15, 0.2) is 103 Å². The molecule has 19 nitrogen and oxygen atoms in total. The zero-order valence-electron chi connectivity index (χ0n) is 73.7. The Morgan fingerprint density at radius 1 is 0.449 bits per heavy atom. The fourth-order valence-electron chi connectivity index (χ4n) is 17.0. The summed E-state index contributed by atoms with van der Waals surface area (Å²) >= 11 is 0. The van der Waals surface area contributed by atoms with E-state index in [-0.39, 0.29) is 118 Å². The van der Waals surface area contributed by atoms with Crippen molar-refractivity contribution in [3.63, 3.8) is 0 Å². The van der Waals surface area contributed by atoms with Crippen LogP contribution in [0.1, 0.15) is 346 Å². The van der Waals surface area contributed by atoms with Crippen molar-refractivity contribution in [1.82, 2.24) is 20.0 Å². The number of hydrogen-bond acceptors (Lipinski definition) is 11. The molecule has 0 fully saturated rings. The largest absolute Gasteiger partial charge is 3.00 e. The molecule has 21 heteroatoms. The summed E-state index contributed by atoms with van der Waals surface area (Å²) in [4.78, 5) is 91.8. The number of benzene rings is 3. The van der Waals surface area contributed by atoms with Crippen LogP contribution in [0, 0.1) is 0 Å². The number of nitrogens with zero attached hydrogens (tertiary/aromatic N) is 5. The summed E-state index contributed by atoms with van der Waals surface area (Å²) < 4.78 is 2.59. The van der Waals surface area contributed by atoms with Crippen molar-refractivity contribution in [3.8, 4) is 0 Å². The van der Waals surface area contributed by atoms with Gasteiger partial charge in [-0.3, -0.25) is 48.3 Å². The van der Waals surface area contributed by atoms with Crippen LogP contribution in [-0.2, 0) is 57.4 Å². The molecule has 3 aromatic carbocycles. The number of fused-ring (bicyclic) bond motifs is 2. The summed E-state index contributed by atoms with van der Waals surface area (Å²) in [7, 11) is 0. The number of carbonyl (C=O) groups excluding carboxylic acids is 2. The van der Waals surface area contributed by atoms with Gasteiger partial charge < -0.3 is 65.0 Å². The van der Waals surface area contributed by atoms with Crippen molar-refractivity contribution in [1.29, 1.82) is 0 Å². The quantitative estimate of drug-likeness (QED) is 0.0120. The van der Waals surface area contributed by atoms with Gasteiger partial charge >= 0.3 is 55.7 Å². The summed E-state index contributed by atoms with van der Waals surface area (Å²) in [6.45, 7) is 13.2. The molecule has 0 saturated heterocycles. The number of amides is 2. The molecule has 1 unspecified atom stereocenters. The second kappa shape index (κ2) is 63.1. The number of halogens is 1. The summed E-state index contributed by atoms with van der Waals surface area (Å²) in [5.74, 6) is -6.71. The van der Waals surface area contributed by atoms with Gasteiger partial charge in [0.2, 0.25) is 17.5 Å². The van der Waals surface area contributed by atoms with E-state index in [0.29, 0.717) is 24.2 Å². The van der Waals surface area contributed by atoms with E-state index >= 15 is 0 Å². The number of anilines is 2. The molecule has 5 rings (SSSR count). The molecule has 656 valence electrons. The van der Waals surface area contributed by atoms with Crippen molar-refractivity contribution in [3.05, 3.63) is 125 Å². The fraction of sp³-hybridized carbons (Fsp3) is 0.670. The molecule has 0 aromatic heterocycles. The summed E-state index contributed by atoms with van der Waals surface area (Å²) in [5.41, 5.74) is 9.47. The average Bonchev–Trinajstić information content (AvgIpc) is 1.60. The average molecular weight is 1850 g/mol. The number of carboxylic acid groups (broad SMARTS) is 5. The Bertz CT molecular complexity index is 3450. The number of para-hydroxylation sites is 1. The molecule has 2 amide bonds. The van der Waals surface area contributed by atoms with E-state index in [1.807, 2.05) is 0 Å². The van der Waals surface area contributed by atoms with Gasteiger partial charge in [-0.2, -0.15) is 4.58 Å².